The van der Waals surface area contributed by atoms with Crippen molar-refractivity contribution in [2.75, 3.05) is 26.0 Å². The lowest BCUT2D eigenvalue weighted by molar-refractivity contribution is 0.0783. The van der Waals surface area contributed by atoms with E-state index in [1.54, 1.807) is 30.3 Å². The van der Waals surface area contributed by atoms with Crippen LogP contribution in [0.2, 0.25) is 5.02 Å². The minimum absolute atomic E-state index is 0.270. The summed E-state index contributed by atoms with van der Waals surface area (Å²) in [6.45, 7) is 1.77. The number of aromatic nitrogens is 1. The molecular weight excluding hydrogens is 464 g/mol. The molecule has 0 fully saturated rings. The zero-order valence-corrected chi connectivity index (χ0v) is 19.7. The summed E-state index contributed by atoms with van der Waals surface area (Å²) in [6, 6.07) is 11.0. The lowest BCUT2D eigenvalue weighted by atomic mass is 10.1. The molecule has 2 amide bonds. The molecular formula is C23H23ClN4O4S. The van der Waals surface area contributed by atoms with Crippen molar-refractivity contribution in [3.05, 3.63) is 74.7 Å². The largest absolute Gasteiger partial charge is 0.495 e. The monoisotopic (exact) mass is 486 g/mol. The van der Waals surface area contributed by atoms with E-state index in [9.17, 15) is 14.7 Å². The summed E-state index contributed by atoms with van der Waals surface area (Å²) in [7, 11) is 3.54. The van der Waals surface area contributed by atoms with Gasteiger partial charge in [-0.1, -0.05) is 23.7 Å². The maximum absolute atomic E-state index is 12.8. The van der Waals surface area contributed by atoms with Crippen molar-refractivity contribution in [3.8, 4) is 5.75 Å². The molecule has 172 valence electrons. The van der Waals surface area contributed by atoms with Gasteiger partial charge in [0, 0.05) is 41.1 Å². The van der Waals surface area contributed by atoms with Gasteiger partial charge < -0.3 is 20.1 Å². The summed E-state index contributed by atoms with van der Waals surface area (Å²) in [5.41, 5.74) is 2.01. The molecule has 2 heterocycles. The van der Waals surface area contributed by atoms with E-state index in [-0.39, 0.29) is 16.5 Å². The highest BCUT2D eigenvalue weighted by Crippen LogP contribution is 2.28. The first-order chi connectivity index (χ1) is 15.8. The number of carbonyl (C=O) groups is 2. The fourth-order valence-corrected chi connectivity index (χ4v) is 4.84. The Hall–Kier alpha value is -2.98. The van der Waals surface area contributed by atoms with Gasteiger partial charge in [-0.3, -0.25) is 14.9 Å². The van der Waals surface area contributed by atoms with E-state index in [2.05, 4.69) is 27.6 Å². The van der Waals surface area contributed by atoms with E-state index < -0.39 is 12.1 Å². The predicted molar refractivity (Wildman–Crippen MR) is 127 cm³/mol. The van der Waals surface area contributed by atoms with Crippen LogP contribution in [0.3, 0.4) is 0 Å². The first kappa shape index (κ1) is 23.2. The number of likely N-dealkylation sites (N-methyl/N-ethyl adjacent to an activating group) is 1. The van der Waals surface area contributed by atoms with Gasteiger partial charge in [0.2, 0.25) is 0 Å². The number of hydrogen-bond acceptors (Lipinski definition) is 7. The van der Waals surface area contributed by atoms with E-state index in [0.29, 0.717) is 22.0 Å². The summed E-state index contributed by atoms with van der Waals surface area (Å²) in [4.78, 5) is 33.2. The molecule has 1 unspecified atom stereocenters. The van der Waals surface area contributed by atoms with Crippen molar-refractivity contribution >= 4 is 39.9 Å². The number of aliphatic hydroxyl groups excluding tert-OH is 1. The number of nitrogens with one attached hydrogen (secondary N) is 2. The van der Waals surface area contributed by atoms with Crippen LogP contribution in [-0.4, -0.2) is 47.5 Å². The zero-order valence-electron chi connectivity index (χ0n) is 18.1. The Bertz CT molecular complexity index is 1200. The molecule has 0 saturated heterocycles. The topological polar surface area (TPSA) is 104 Å². The van der Waals surface area contributed by atoms with Crippen LogP contribution in [0.15, 0.2) is 42.5 Å². The van der Waals surface area contributed by atoms with Gasteiger partial charge in [-0.25, -0.2) is 4.98 Å². The number of nitrogens with zero attached hydrogens (tertiary/aromatic N) is 2. The Kier molecular flexibility index (Phi) is 6.94. The van der Waals surface area contributed by atoms with Gasteiger partial charge in [0.15, 0.2) is 11.4 Å². The third kappa shape index (κ3) is 5.33. The lowest BCUT2D eigenvalue weighted by Crippen LogP contribution is -2.28. The van der Waals surface area contributed by atoms with Crippen molar-refractivity contribution in [1.29, 1.82) is 0 Å². The Morgan fingerprint density at radius 2 is 2.00 bits per heavy atom. The van der Waals surface area contributed by atoms with E-state index in [0.717, 1.165) is 30.1 Å². The predicted octanol–water partition coefficient (Wildman–Crippen LogP) is 3.47. The highest BCUT2D eigenvalue weighted by molar-refractivity contribution is 7.15. The molecule has 1 atom stereocenters. The van der Waals surface area contributed by atoms with Crippen molar-refractivity contribution < 1.29 is 19.4 Å². The van der Waals surface area contributed by atoms with Crippen LogP contribution in [0.25, 0.3) is 0 Å². The van der Waals surface area contributed by atoms with Crippen LogP contribution in [0.4, 0.5) is 5.13 Å². The number of amides is 2. The number of carbonyl (C=O) groups excluding carboxylic acids is 2. The van der Waals surface area contributed by atoms with Gasteiger partial charge in [-0.05, 0) is 37.4 Å². The quantitative estimate of drug-likeness (QED) is 0.461. The molecule has 3 aromatic rings. The van der Waals surface area contributed by atoms with Crippen molar-refractivity contribution in [1.82, 2.24) is 15.2 Å². The first-order valence-electron chi connectivity index (χ1n) is 10.2. The Morgan fingerprint density at radius 3 is 2.76 bits per heavy atom. The molecule has 2 aromatic carbocycles. The highest BCUT2D eigenvalue weighted by atomic mass is 35.5. The van der Waals surface area contributed by atoms with E-state index in [1.807, 2.05) is 0 Å². The van der Waals surface area contributed by atoms with Gasteiger partial charge in [0.1, 0.15) is 5.75 Å². The maximum Gasteiger partial charge on any atom is 0.257 e. The molecule has 0 bridgehead atoms. The number of fused-ring (bicyclic) bond motifs is 1. The summed E-state index contributed by atoms with van der Waals surface area (Å²) >= 11 is 7.54. The van der Waals surface area contributed by atoms with Crippen molar-refractivity contribution in [3.63, 3.8) is 0 Å². The van der Waals surface area contributed by atoms with Crippen LogP contribution >= 0.6 is 22.9 Å². The molecule has 0 saturated carbocycles. The molecule has 0 aliphatic carbocycles. The van der Waals surface area contributed by atoms with E-state index >= 15 is 0 Å². The van der Waals surface area contributed by atoms with Gasteiger partial charge in [-0.2, -0.15) is 0 Å². The van der Waals surface area contributed by atoms with Gasteiger partial charge in [-0.15, -0.1) is 11.3 Å². The Balaban J connectivity index is 1.43. The second-order valence-corrected chi connectivity index (χ2v) is 9.17. The zero-order chi connectivity index (χ0) is 23.5. The minimum atomic E-state index is -1.31. The van der Waals surface area contributed by atoms with Crippen molar-refractivity contribution in [2.24, 2.45) is 0 Å². The fourth-order valence-electron chi connectivity index (χ4n) is 3.49. The van der Waals surface area contributed by atoms with Crippen LogP contribution in [0.1, 0.15) is 43.1 Å². The first-order valence-corrected chi connectivity index (χ1v) is 11.4. The molecule has 0 radical (unpaired) electrons. The molecule has 10 heteroatoms. The second kappa shape index (κ2) is 9.88. The smallest absolute Gasteiger partial charge is 0.257 e. The van der Waals surface area contributed by atoms with Crippen LogP contribution in [-0.2, 0) is 13.0 Å². The number of ether oxygens (including phenoxy) is 1. The van der Waals surface area contributed by atoms with Gasteiger partial charge in [0.05, 0.1) is 17.8 Å². The molecule has 1 aliphatic rings. The van der Waals surface area contributed by atoms with Gasteiger partial charge in [0.25, 0.3) is 11.8 Å². The minimum Gasteiger partial charge on any atom is -0.495 e. The number of aliphatic hydroxyl groups is 1. The standard InChI is InChI=1S/C23H23ClN4O4S/c1-28-9-8-17-19(12-28)33-23(25-17)27-22(31)14-5-3-4-13(10-14)20(29)26-21(30)15-6-7-18(32-2)16(24)11-15/h3-7,10-11,20,29H,8-9,12H2,1-2H3,(H,26,30)(H,25,27,31). The second-order valence-electron chi connectivity index (χ2n) is 7.68. The maximum atomic E-state index is 12.8. The molecule has 8 nitrogen and oxygen atoms in total. The third-order valence-corrected chi connectivity index (χ3v) is 6.58. The Labute approximate surface area is 200 Å². The van der Waals surface area contributed by atoms with Crippen LogP contribution in [0, 0.1) is 0 Å². The molecule has 4 rings (SSSR count). The fraction of sp³-hybridized carbons (Fsp3) is 0.261. The number of methoxy groups -OCH3 is 1. The van der Waals surface area contributed by atoms with Crippen LogP contribution in [0.5, 0.6) is 5.75 Å². The molecule has 33 heavy (non-hydrogen) atoms. The molecule has 1 aliphatic heterocycles. The SMILES string of the molecule is COc1ccc(C(=O)NC(O)c2cccc(C(=O)Nc3nc4c(s3)CN(C)CC4)c2)cc1Cl. The molecule has 0 spiro atoms. The summed E-state index contributed by atoms with van der Waals surface area (Å²) in [5, 5.41) is 16.7. The normalized spacial score (nSPS) is 14.3. The van der Waals surface area contributed by atoms with E-state index in [1.165, 1.54) is 30.6 Å². The highest BCUT2D eigenvalue weighted by Gasteiger charge is 2.20. The van der Waals surface area contributed by atoms with Crippen LogP contribution < -0.4 is 15.4 Å². The average molecular weight is 487 g/mol. The molecule has 3 N–H and O–H groups in total. The Morgan fingerprint density at radius 1 is 1.21 bits per heavy atom. The number of anilines is 1. The summed E-state index contributed by atoms with van der Waals surface area (Å²) < 4.78 is 5.08. The summed E-state index contributed by atoms with van der Waals surface area (Å²) in [6.07, 6.45) is -0.451. The number of rotatable bonds is 6. The molecule has 1 aromatic heterocycles. The van der Waals surface area contributed by atoms with E-state index in [4.69, 9.17) is 16.3 Å². The average Bonchev–Trinajstić information content (AvgIpc) is 3.20. The number of hydrogen-bond donors (Lipinski definition) is 3. The number of thiazole rings is 1. The number of halogens is 1. The number of benzene rings is 2. The van der Waals surface area contributed by atoms with Crippen molar-refractivity contribution in [2.45, 2.75) is 19.2 Å². The summed E-state index contributed by atoms with van der Waals surface area (Å²) in [5.74, 6) is -0.405. The lowest BCUT2D eigenvalue weighted by Gasteiger charge is -2.20. The van der Waals surface area contributed by atoms with Gasteiger partial charge >= 0.3 is 0 Å². The third-order valence-electron chi connectivity index (χ3n) is 5.29.